The second-order valence-electron chi connectivity index (χ2n) is 19.5. The van der Waals surface area contributed by atoms with Crippen LogP contribution in [0.25, 0.3) is 21.5 Å². The fourth-order valence-corrected chi connectivity index (χ4v) is 9.45. The third kappa shape index (κ3) is 15.6. The molecule has 23 nitrogen and oxygen atoms in total. The van der Waals surface area contributed by atoms with E-state index in [0.29, 0.717) is 127 Å². The largest absolute Gasteiger partial charge is 0.508 e. The summed E-state index contributed by atoms with van der Waals surface area (Å²) in [7, 11) is 0.432. The van der Waals surface area contributed by atoms with Crippen molar-refractivity contribution in [1.29, 1.82) is 0 Å². The molecule has 0 heterocycles. The van der Waals surface area contributed by atoms with Gasteiger partial charge in [-0.1, -0.05) is 24.3 Å². The molecule has 0 saturated carbocycles. The van der Waals surface area contributed by atoms with E-state index in [1.165, 1.54) is 33.5 Å². The van der Waals surface area contributed by atoms with E-state index in [1.54, 1.807) is 115 Å². The van der Waals surface area contributed by atoms with Crippen LogP contribution in [0.4, 0.5) is 62.6 Å². The van der Waals surface area contributed by atoms with Crippen molar-refractivity contribution in [2.24, 2.45) is 51.1 Å². The van der Waals surface area contributed by atoms with E-state index in [1.807, 2.05) is 45.9 Å². The Hall–Kier alpha value is -10.7. The molecule has 0 saturated heterocycles. The van der Waals surface area contributed by atoms with Crippen LogP contribution in [0.15, 0.2) is 197 Å². The Morgan fingerprint density at radius 2 is 0.989 bits per heavy atom. The zero-order valence-electron chi connectivity index (χ0n) is 49.0. The van der Waals surface area contributed by atoms with Gasteiger partial charge < -0.3 is 44.0 Å². The number of aromatic hydroxyl groups is 2. The number of methoxy groups -OCH3 is 3. The number of amides is 1. The van der Waals surface area contributed by atoms with Gasteiger partial charge in [-0.15, -0.1) is 30.7 Å². The third-order valence-electron chi connectivity index (χ3n) is 13.4. The molecule has 0 aliphatic rings. The Kier molecular flexibility index (Phi) is 20.0. The van der Waals surface area contributed by atoms with Crippen LogP contribution in [0.1, 0.15) is 48.2 Å². The second-order valence-corrected chi connectivity index (χ2v) is 21.1. The highest BCUT2D eigenvalue weighted by Gasteiger charge is 2.18. The van der Waals surface area contributed by atoms with Crippen LogP contribution in [0.2, 0.25) is 0 Å². The number of nitrogens with one attached hydrogen (secondary N) is 1. The molecule has 0 aliphatic heterocycles. The number of azo groups is 5. The van der Waals surface area contributed by atoms with Gasteiger partial charge in [-0.2, -0.15) is 28.9 Å². The molecule has 0 aliphatic carbocycles. The summed E-state index contributed by atoms with van der Waals surface area (Å²) in [6.45, 7) is 8.20. The zero-order valence-corrected chi connectivity index (χ0v) is 49.8. The average molecular weight is 1210 g/mol. The molecule has 0 unspecified atom stereocenters. The van der Waals surface area contributed by atoms with Crippen molar-refractivity contribution in [1.82, 2.24) is 0 Å². The molecule has 9 rings (SSSR count). The van der Waals surface area contributed by atoms with Gasteiger partial charge in [0.15, 0.2) is 5.75 Å². The standard InChI is InChI=1S/C64H61N11O12S/c1-8-85-61-37-56(62(86-9-2)36-55(61)74-68-49-25-17-42(32-58(49)82-5)64(78)65-44-18-15-40-13-12-14-57(48(40)33-44)87-27-10-11-28-88(79,80)81)75-71-52-35-60(84-7)54(30-39(52)4)73-70-51-34-59(83-6)53(29-38(51)3)72-69-50-26-16-41-31-45(21-24-47(41)63(50)77)67-66-43-19-22-46(76)23-20-43/h12-26,29-37,76-77H,8-11,27-28H2,1-7H3,(H,65,78)(H,79,80,81)/b67-66+,72-69?,73-70?,74-68?,75-71?. The van der Waals surface area contributed by atoms with Gasteiger partial charge in [0.05, 0.1) is 69.7 Å². The van der Waals surface area contributed by atoms with Crippen LogP contribution in [-0.2, 0) is 10.1 Å². The maximum absolute atomic E-state index is 13.6. The molecule has 4 N–H and O–H groups in total. The molecule has 9 aromatic carbocycles. The van der Waals surface area contributed by atoms with E-state index in [0.717, 1.165) is 16.2 Å². The number of rotatable bonds is 25. The summed E-state index contributed by atoms with van der Waals surface area (Å²) in [5, 5.41) is 71.1. The summed E-state index contributed by atoms with van der Waals surface area (Å²) in [5.74, 6) is 1.61. The number of ether oxygens (including phenoxy) is 6. The number of benzene rings is 9. The number of hydrogen-bond donors (Lipinski definition) is 4. The number of hydrogen-bond acceptors (Lipinski definition) is 21. The number of phenolic OH excluding ortho intramolecular Hbond substituents is 2. The predicted molar refractivity (Wildman–Crippen MR) is 335 cm³/mol. The number of aryl methyl sites for hydroxylation is 2. The van der Waals surface area contributed by atoms with E-state index in [-0.39, 0.29) is 41.7 Å². The Bertz CT molecular complexity index is 4330. The molecule has 0 aromatic heterocycles. The van der Waals surface area contributed by atoms with Crippen molar-refractivity contribution in [2.75, 3.05) is 52.2 Å². The summed E-state index contributed by atoms with van der Waals surface area (Å²) in [4.78, 5) is 13.6. The summed E-state index contributed by atoms with van der Waals surface area (Å²) < 4.78 is 66.3. The van der Waals surface area contributed by atoms with Crippen molar-refractivity contribution in [3.63, 3.8) is 0 Å². The highest BCUT2D eigenvalue weighted by Crippen LogP contribution is 2.45. The molecular weight excluding hydrogens is 1150 g/mol. The van der Waals surface area contributed by atoms with Crippen LogP contribution in [-0.4, -0.2) is 76.0 Å². The van der Waals surface area contributed by atoms with Crippen molar-refractivity contribution in [3.8, 4) is 46.0 Å². The minimum absolute atomic E-state index is 0.0608. The first-order chi connectivity index (χ1) is 42.5. The zero-order chi connectivity index (χ0) is 62.3. The summed E-state index contributed by atoms with van der Waals surface area (Å²) in [6.07, 6.45) is 0.665. The first-order valence-corrected chi connectivity index (χ1v) is 29.2. The molecule has 450 valence electrons. The number of nitrogens with zero attached hydrogens (tertiary/aromatic N) is 10. The molecule has 9 aromatic rings. The smallest absolute Gasteiger partial charge is 0.264 e. The quantitative estimate of drug-likeness (QED) is 0.0236. The van der Waals surface area contributed by atoms with E-state index in [4.69, 9.17) is 33.0 Å². The predicted octanol–water partition coefficient (Wildman–Crippen LogP) is 18.2. The SMILES string of the molecule is CCOc1cc(N=Nc2ccc(C(=O)Nc3ccc4cccc(OCCCCS(=O)(=O)O)c4c3)cc2OC)c(OCC)cc1N=Nc1cc(OC)c(N=Nc2cc(OC)c(N=Nc3ccc4cc(/N=N/c5ccc(O)cc5)ccc4c3O)cc2C)cc1C. The van der Waals surface area contributed by atoms with Gasteiger partial charge in [0, 0.05) is 46.3 Å². The molecule has 88 heavy (non-hydrogen) atoms. The lowest BCUT2D eigenvalue weighted by Gasteiger charge is -2.13. The maximum Gasteiger partial charge on any atom is 0.264 e. The molecule has 0 atom stereocenters. The number of unbranched alkanes of at least 4 members (excludes halogenated alkanes) is 1. The molecule has 1 amide bonds. The van der Waals surface area contributed by atoms with E-state index < -0.39 is 16.0 Å². The first-order valence-electron chi connectivity index (χ1n) is 27.6. The molecule has 0 bridgehead atoms. The Morgan fingerprint density at radius 3 is 1.59 bits per heavy atom. The van der Waals surface area contributed by atoms with Crippen molar-refractivity contribution in [3.05, 3.63) is 162 Å². The number of fused-ring (bicyclic) bond motifs is 2. The number of carbonyl (C=O) groups excluding carboxylic acids is 1. The van der Waals surface area contributed by atoms with Crippen LogP contribution in [0.3, 0.4) is 0 Å². The summed E-state index contributed by atoms with van der Waals surface area (Å²) in [5.41, 5.74) is 6.45. The fourth-order valence-electron chi connectivity index (χ4n) is 8.88. The average Bonchev–Trinajstić information content (AvgIpc) is 3.51. The van der Waals surface area contributed by atoms with Gasteiger partial charge in [0.25, 0.3) is 16.0 Å². The number of phenols is 2. The monoisotopic (exact) mass is 1210 g/mol. The van der Waals surface area contributed by atoms with Crippen molar-refractivity contribution < 1.29 is 56.4 Å². The molecule has 24 heteroatoms. The van der Waals surface area contributed by atoms with Gasteiger partial charge in [-0.25, -0.2) is 0 Å². The fraction of sp³-hybridized carbons (Fsp3) is 0.203. The van der Waals surface area contributed by atoms with E-state index in [2.05, 4.69) is 56.5 Å². The highest BCUT2D eigenvalue weighted by molar-refractivity contribution is 7.85. The molecule has 0 radical (unpaired) electrons. The van der Waals surface area contributed by atoms with Gasteiger partial charge in [0.2, 0.25) is 0 Å². The lowest BCUT2D eigenvalue weighted by molar-refractivity contribution is 0.102. The minimum atomic E-state index is -4.05. The van der Waals surface area contributed by atoms with Crippen molar-refractivity contribution >= 4 is 100 Å². The minimum Gasteiger partial charge on any atom is -0.508 e. The van der Waals surface area contributed by atoms with E-state index in [9.17, 15) is 23.4 Å². The maximum atomic E-state index is 13.6. The van der Waals surface area contributed by atoms with Crippen molar-refractivity contribution in [2.45, 2.75) is 40.5 Å². The van der Waals surface area contributed by atoms with Gasteiger partial charge in [-0.05, 0) is 159 Å². The highest BCUT2D eigenvalue weighted by atomic mass is 32.2. The van der Waals surface area contributed by atoms with Crippen LogP contribution >= 0.6 is 0 Å². The third-order valence-corrected chi connectivity index (χ3v) is 14.2. The topological polar surface area (TPSA) is 303 Å². The number of anilines is 1. The summed E-state index contributed by atoms with van der Waals surface area (Å²) >= 11 is 0. The van der Waals surface area contributed by atoms with Crippen LogP contribution in [0.5, 0.6) is 46.0 Å². The Morgan fingerprint density at radius 1 is 0.466 bits per heavy atom. The normalized spacial score (nSPS) is 11.9. The van der Waals surface area contributed by atoms with Crippen LogP contribution < -0.4 is 33.7 Å². The number of carbonyl (C=O) groups is 1. The van der Waals surface area contributed by atoms with Crippen LogP contribution in [0, 0.1) is 13.8 Å². The first kappa shape index (κ1) is 61.8. The lowest BCUT2D eigenvalue weighted by atomic mass is 10.1. The van der Waals surface area contributed by atoms with E-state index >= 15 is 0 Å². The Labute approximate surface area is 506 Å². The second kappa shape index (κ2) is 28.4. The molecule has 0 fully saturated rings. The van der Waals surface area contributed by atoms with Gasteiger partial charge in [0.1, 0.15) is 74.4 Å². The molecular formula is C64H61N11O12S. The van der Waals surface area contributed by atoms with Gasteiger partial charge >= 0.3 is 0 Å². The summed E-state index contributed by atoms with van der Waals surface area (Å²) in [6, 6.07) is 41.0. The lowest BCUT2D eigenvalue weighted by Crippen LogP contribution is -2.12. The Balaban J connectivity index is 0.876. The molecule has 0 spiro atoms. The van der Waals surface area contributed by atoms with Gasteiger partial charge in [-0.3, -0.25) is 9.35 Å².